The SMILES string of the molecule is Cc1ccc(CC(=O)C2C(=O)CCCC2=O)cc1. The van der Waals surface area contributed by atoms with E-state index < -0.39 is 5.92 Å². The first-order valence-corrected chi connectivity index (χ1v) is 6.21. The number of hydrogen-bond acceptors (Lipinski definition) is 3. The van der Waals surface area contributed by atoms with Gasteiger partial charge in [0.2, 0.25) is 0 Å². The van der Waals surface area contributed by atoms with E-state index in [2.05, 4.69) is 0 Å². The maximum atomic E-state index is 12.0. The van der Waals surface area contributed by atoms with Crippen LogP contribution in [0, 0.1) is 12.8 Å². The molecular weight excluding hydrogens is 228 g/mol. The lowest BCUT2D eigenvalue weighted by Gasteiger charge is -2.18. The highest BCUT2D eigenvalue weighted by Crippen LogP contribution is 2.20. The van der Waals surface area contributed by atoms with Gasteiger partial charge in [-0.25, -0.2) is 0 Å². The van der Waals surface area contributed by atoms with Gasteiger partial charge in [0, 0.05) is 19.3 Å². The quantitative estimate of drug-likeness (QED) is 0.764. The van der Waals surface area contributed by atoms with Gasteiger partial charge < -0.3 is 0 Å². The minimum Gasteiger partial charge on any atom is -0.298 e. The van der Waals surface area contributed by atoms with Gasteiger partial charge in [0.05, 0.1) is 0 Å². The molecule has 3 nitrogen and oxygen atoms in total. The first-order valence-electron chi connectivity index (χ1n) is 6.21. The number of carbonyl (C=O) groups excluding carboxylic acids is 3. The standard InChI is InChI=1S/C15H16O3/c1-10-5-7-11(8-6-10)9-14(18)15-12(16)3-2-4-13(15)17/h5-8,15H,2-4,9H2,1H3. The van der Waals surface area contributed by atoms with E-state index >= 15 is 0 Å². The summed E-state index contributed by atoms with van der Waals surface area (Å²) in [6.45, 7) is 1.97. The molecule has 0 spiro atoms. The topological polar surface area (TPSA) is 51.2 Å². The third-order valence-corrected chi connectivity index (χ3v) is 3.31. The maximum Gasteiger partial charge on any atom is 0.155 e. The molecule has 1 fully saturated rings. The molecule has 0 atom stereocenters. The van der Waals surface area contributed by atoms with E-state index in [9.17, 15) is 14.4 Å². The number of aryl methyl sites for hydroxylation is 1. The average Bonchev–Trinajstić information content (AvgIpc) is 2.32. The summed E-state index contributed by atoms with van der Waals surface area (Å²) >= 11 is 0. The fraction of sp³-hybridized carbons (Fsp3) is 0.400. The molecule has 0 N–H and O–H groups in total. The smallest absolute Gasteiger partial charge is 0.155 e. The molecule has 3 heteroatoms. The minimum atomic E-state index is -1.000. The fourth-order valence-electron chi connectivity index (χ4n) is 2.27. The van der Waals surface area contributed by atoms with Crippen molar-refractivity contribution < 1.29 is 14.4 Å². The monoisotopic (exact) mass is 244 g/mol. The predicted molar refractivity (Wildman–Crippen MR) is 67.2 cm³/mol. The third kappa shape index (κ3) is 2.73. The van der Waals surface area contributed by atoms with Crippen molar-refractivity contribution in [2.45, 2.75) is 32.6 Å². The number of ketones is 3. The summed E-state index contributed by atoms with van der Waals surface area (Å²) in [5, 5.41) is 0. The van der Waals surface area contributed by atoms with Crippen LogP contribution in [0.4, 0.5) is 0 Å². The zero-order chi connectivity index (χ0) is 13.1. The summed E-state index contributed by atoms with van der Waals surface area (Å²) in [6, 6.07) is 7.58. The molecular formula is C15H16O3. The van der Waals surface area contributed by atoms with Crippen molar-refractivity contribution in [3.05, 3.63) is 35.4 Å². The molecule has 94 valence electrons. The van der Waals surface area contributed by atoms with Gasteiger partial charge in [-0.15, -0.1) is 0 Å². The molecule has 1 saturated carbocycles. The molecule has 1 aromatic rings. The summed E-state index contributed by atoms with van der Waals surface area (Å²) in [7, 11) is 0. The molecule has 0 aliphatic heterocycles. The van der Waals surface area contributed by atoms with Crippen LogP contribution in [0.2, 0.25) is 0 Å². The summed E-state index contributed by atoms with van der Waals surface area (Å²) in [5.41, 5.74) is 1.98. The van der Waals surface area contributed by atoms with Crippen LogP contribution in [0.3, 0.4) is 0 Å². The molecule has 18 heavy (non-hydrogen) atoms. The highest BCUT2D eigenvalue weighted by molar-refractivity contribution is 6.20. The zero-order valence-electron chi connectivity index (χ0n) is 10.4. The molecule has 0 aromatic heterocycles. The van der Waals surface area contributed by atoms with Gasteiger partial charge in [-0.1, -0.05) is 29.8 Å². The normalized spacial score (nSPS) is 16.9. The van der Waals surface area contributed by atoms with Gasteiger partial charge >= 0.3 is 0 Å². The molecule has 0 bridgehead atoms. The summed E-state index contributed by atoms with van der Waals surface area (Å²) in [4.78, 5) is 35.3. The second kappa shape index (κ2) is 5.25. The Kier molecular flexibility index (Phi) is 3.70. The Morgan fingerprint density at radius 2 is 1.67 bits per heavy atom. The molecule has 1 aromatic carbocycles. The average molecular weight is 244 g/mol. The second-order valence-corrected chi connectivity index (χ2v) is 4.85. The summed E-state index contributed by atoms with van der Waals surface area (Å²) in [5.74, 6) is -1.67. The molecule has 1 aliphatic rings. The van der Waals surface area contributed by atoms with Crippen LogP contribution in [0.15, 0.2) is 24.3 Å². The van der Waals surface area contributed by atoms with Crippen LogP contribution in [-0.4, -0.2) is 17.3 Å². The molecule has 0 heterocycles. The lowest BCUT2D eigenvalue weighted by atomic mass is 9.82. The third-order valence-electron chi connectivity index (χ3n) is 3.31. The molecule has 0 radical (unpaired) electrons. The van der Waals surface area contributed by atoms with E-state index in [1.54, 1.807) is 0 Å². The fourth-order valence-corrected chi connectivity index (χ4v) is 2.27. The summed E-state index contributed by atoms with van der Waals surface area (Å²) in [6.07, 6.45) is 1.47. The van der Waals surface area contributed by atoms with Gasteiger partial charge in [-0.3, -0.25) is 14.4 Å². The lowest BCUT2D eigenvalue weighted by molar-refractivity contribution is -0.141. The molecule has 1 aliphatic carbocycles. The van der Waals surface area contributed by atoms with Crippen molar-refractivity contribution in [2.75, 3.05) is 0 Å². The van der Waals surface area contributed by atoms with Crippen molar-refractivity contribution in [1.29, 1.82) is 0 Å². The molecule has 0 unspecified atom stereocenters. The van der Waals surface area contributed by atoms with E-state index in [0.717, 1.165) is 11.1 Å². The lowest BCUT2D eigenvalue weighted by Crippen LogP contribution is -2.36. The van der Waals surface area contributed by atoms with Crippen molar-refractivity contribution in [3.63, 3.8) is 0 Å². The second-order valence-electron chi connectivity index (χ2n) is 4.85. The van der Waals surface area contributed by atoms with Crippen LogP contribution in [0.25, 0.3) is 0 Å². The van der Waals surface area contributed by atoms with Gasteiger partial charge in [0.15, 0.2) is 17.3 Å². The maximum absolute atomic E-state index is 12.0. The Morgan fingerprint density at radius 1 is 1.11 bits per heavy atom. The van der Waals surface area contributed by atoms with E-state index in [4.69, 9.17) is 0 Å². The van der Waals surface area contributed by atoms with Crippen LogP contribution in [-0.2, 0) is 20.8 Å². The Balaban J connectivity index is 2.09. The van der Waals surface area contributed by atoms with Crippen LogP contribution >= 0.6 is 0 Å². The number of carbonyl (C=O) groups is 3. The van der Waals surface area contributed by atoms with Gasteiger partial charge in [0.1, 0.15) is 5.92 Å². The van der Waals surface area contributed by atoms with Gasteiger partial charge in [-0.05, 0) is 18.9 Å². The van der Waals surface area contributed by atoms with E-state index in [1.165, 1.54) is 0 Å². The Morgan fingerprint density at radius 3 is 2.22 bits per heavy atom. The highest BCUT2D eigenvalue weighted by Gasteiger charge is 2.35. The van der Waals surface area contributed by atoms with Crippen molar-refractivity contribution in [3.8, 4) is 0 Å². The Labute approximate surface area is 106 Å². The molecule has 2 rings (SSSR count). The Bertz CT molecular complexity index is 469. The van der Waals surface area contributed by atoms with Gasteiger partial charge in [-0.2, -0.15) is 0 Å². The minimum absolute atomic E-state index is 0.169. The van der Waals surface area contributed by atoms with Crippen molar-refractivity contribution >= 4 is 17.3 Å². The largest absolute Gasteiger partial charge is 0.298 e. The Hall–Kier alpha value is -1.77. The first-order chi connectivity index (χ1) is 8.58. The number of Topliss-reactive ketones (excluding diaryl/α,β-unsaturated/α-hetero) is 3. The number of benzene rings is 1. The summed E-state index contributed by atoms with van der Waals surface area (Å²) < 4.78 is 0. The van der Waals surface area contributed by atoms with Gasteiger partial charge in [0.25, 0.3) is 0 Å². The predicted octanol–water partition coefficient (Wildman–Crippen LogP) is 2.04. The van der Waals surface area contributed by atoms with Crippen LogP contribution in [0.1, 0.15) is 30.4 Å². The highest BCUT2D eigenvalue weighted by atomic mass is 16.2. The first kappa shape index (κ1) is 12.7. The van der Waals surface area contributed by atoms with E-state index in [1.807, 2.05) is 31.2 Å². The van der Waals surface area contributed by atoms with Crippen molar-refractivity contribution in [1.82, 2.24) is 0 Å². The molecule has 0 saturated heterocycles. The van der Waals surface area contributed by atoms with Crippen LogP contribution < -0.4 is 0 Å². The number of hydrogen-bond donors (Lipinski definition) is 0. The zero-order valence-corrected chi connectivity index (χ0v) is 10.4. The number of rotatable bonds is 3. The molecule has 0 amide bonds. The van der Waals surface area contributed by atoms with Crippen molar-refractivity contribution in [2.24, 2.45) is 5.92 Å². The van der Waals surface area contributed by atoms with Crippen LogP contribution in [0.5, 0.6) is 0 Å². The van der Waals surface area contributed by atoms with E-state index in [0.29, 0.717) is 19.3 Å². The van der Waals surface area contributed by atoms with E-state index in [-0.39, 0.29) is 23.8 Å².